The van der Waals surface area contributed by atoms with E-state index in [2.05, 4.69) is 20.9 Å². The Morgan fingerprint density at radius 3 is 1.88 bits per heavy atom. The van der Waals surface area contributed by atoms with E-state index in [9.17, 15) is 9.59 Å². The maximum Gasteiger partial charge on any atom is 0.219 e. The van der Waals surface area contributed by atoms with Crippen LogP contribution in [-0.2, 0) is 22.7 Å². The standard InChI is InChI=1S/C38H42Cl2N6O4/c1-25(47)45-18-14-43(15-19-45)23-28-9-8-27(22-34(28)49-3)37-36(40)31(12-13-41-37)30-6-5-7-32(35(30)39)33-11-10-29(38(42-33)50-4)24-44-16-20-46(21-17-44)26(2)48/h5-13,22H,14-21,23-24H2,1-4H3. The van der Waals surface area contributed by atoms with E-state index in [1.165, 1.54) is 0 Å². The van der Waals surface area contributed by atoms with Crippen LogP contribution in [0.15, 0.2) is 60.8 Å². The van der Waals surface area contributed by atoms with Crippen LogP contribution in [0.4, 0.5) is 0 Å². The molecule has 2 aliphatic rings. The third-order valence-electron chi connectivity index (χ3n) is 9.57. The number of aromatic nitrogens is 2. The average molecular weight is 718 g/mol. The summed E-state index contributed by atoms with van der Waals surface area (Å²) in [5.74, 6) is 1.52. The Hall–Kier alpha value is -4.22. The Balaban J connectivity index is 1.23. The quantitative estimate of drug-likeness (QED) is 0.204. The minimum absolute atomic E-state index is 0.111. The maximum absolute atomic E-state index is 11.7. The summed E-state index contributed by atoms with van der Waals surface area (Å²) in [6.07, 6.45) is 1.74. The highest BCUT2D eigenvalue weighted by atomic mass is 35.5. The van der Waals surface area contributed by atoms with Gasteiger partial charge in [-0.3, -0.25) is 24.4 Å². The predicted molar refractivity (Wildman–Crippen MR) is 197 cm³/mol. The van der Waals surface area contributed by atoms with Gasteiger partial charge in [0.25, 0.3) is 0 Å². The van der Waals surface area contributed by atoms with Gasteiger partial charge in [-0.15, -0.1) is 0 Å². The van der Waals surface area contributed by atoms with E-state index in [0.29, 0.717) is 46.9 Å². The first-order chi connectivity index (χ1) is 24.2. The van der Waals surface area contributed by atoms with Gasteiger partial charge in [-0.1, -0.05) is 59.6 Å². The van der Waals surface area contributed by atoms with Crippen molar-refractivity contribution >= 4 is 35.0 Å². The van der Waals surface area contributed by atoms with Gasteiger partial charge in [0, 0.05) is 119 Å². The van der Waals surface area contributed by atoms with Crippen molar-refractivity contribution < 1.29 is 19.1 Å². The summed E-state index contributed by atoms with van der Waals surface area (Å²) in [7, 11) is 3.29. The van der Waals surface area contributed by atoms with Gasteiger partial charge in [-0.25, -0.2) is 4.98 Å². The number of halogens is 2. The molecule has 2 aliphatic heterocycles. The third kappa shape index (κ3) is 7.73. The van der Waals surface area contributed by atoms with Gasteiger partial charge in [0.2, 0.25) is 17.7 Å². The number of hydrogen-bond donors (Lipinski definition) is 0. The molecule has 50 heavy (non-hydrogen) atoms. The van der Waals surface area contributed by atoms with Gasteiger partial charge >= 0.3 is 0 Å². The van der Waals surface area contributed by atoms with Crippen LogP contribution < -0.4 is 9.47 Å². The van der Waals surface area contributed by atoms with Crippen LogP contribution in [0.1, 0.15) is 25.0 Å². The zero-order chi connectivity index (χ0) is 35.4. The Kier molecular flexibility index (Phi) is 11.2. The average Bonchev–Trinajstić information content (AvgIpc) is 3.13. The molecule has 0 bridgehead atoms. The second-order valence-electron chi connectivity index (χ2n) is 12.6. The molecule has 6 rings (SSSR count). The molecule has 2 aromatic heterocycles. The first-order valence-electron chi connectivity index (χ1n) is 16.8. The summed E-state index contributed by atoms with van der Waals surface area (Å²) in [5, 5.41) is 1.000. The Labute approximate surface area is 303 Å². The number of carbonyl (C=O) groups is 2. The van der Waals surface area contributed by atoms with Crippen molar-refractivity contribution in [2.75, 3.05) is 66.6 Å². The molecule has 0 radical (unpaired) electrons. The number of benzene rings is 2. The third-order valence-corrected chi connectivity index (χ3v) is 10.4. The highest BCUT2D eigenvalue weighted by molar-refractivity contribution is 6.39. The molecular formula is C38H42Cl2N6O4. The van der Waals surface area contributed by atoms with Crippen LogP contribution in [0.5, 0.6) is 11.6 Å². The Morgan fingerprint density at radius 2 is 1.28 bits per heavy atom. The van der Waals surface area contributed by atoms with Gasteiger partial charge in [0.15, 0.2) is 0 Å². The molecule has 12 heteroatoms. The fraction of sp³-hybridized carbons (Fsp3) is 0.368. The highest BCUT2D eigenvalue weighted by Gasteiger charge is 2.23. The largest absolute Gasteiger partial charge is 0.496 e. The zero-order valence-corrected chi connectivity index (χ0v) is 30.4. The van der Waals surface area contributed by atoms with Crippen LogP contribution in [-0.4, -0.2) is 108 Å². The summed E-state index contributed by atoms with van der Waals surface area (Å²) >= 11 is 14.2. The second-order valence-corrected chi connectivity index (χ2v) is 13.4. The van der Waals surface area contributed by atoms with E-state index in [4.69, 9.17) is 37.7 Å². The smallest absolute Gasteiger partial charge is 0.219 e. The normalized spacial score (nSPS) is 15.6. The molecular weight excluding hydrogens is 675 g/mol. The number of piperazine rings is 2. The topological polar surface area (TPSA) is 91.3 Å². The summed E-state index contributed by atoms with van der Waals surface area (Å²) in [6.45, 7) is 10.7. The number of nitrogens with zero attached hydrogens (tertiary/aromatic N) is 6. The lowest BCUT2D eigenvalue weighted by Crippen LogP contribution is -2.47. The summed E-state index contributed by atoms with van der Waals surface area (Å²) < 4.78 is 11.5. The fourth-order valence-corrected chi connectivity index (χ4v) is 7.30. The fourth-order valence-electron chi connectivity index (χ4n) is 6.65. The molecule has 0 saturated carbocycles. The van der Waals surface area contributed by atoms with Gasteiger partial charge < -0.3 is 19.3 Å². The van der Waals surface area contributed by atoms with Gasteiger partial charge in [0.05, 0.1) is 35.7 Å². The molecule has 262 valence electrons. The number of carbonyl (C=O) groups excluding carboxylic acids is 2. The van der Waals surface area contributed by atoms with Crippen molar-refractivity contribution in [1.82, 2.24) is 29.6 Å². The zero-order valence-electron chi connectivity index (χ0n) is 28.9. The van der Waals surface area contributed by atoms with E-state index in [1.807, 2.05) is 58.3 Å². The second kappa shape index (κ2) is 15.8. The number of hydrogen-bond acceptors (Lipinski definition) is 8. The van der Waals surface area contributed by atoms with Crippen LogP contribution in [0.25, 0.3) is 33.6 Å². The number of amides is 2. The minimum atomic E-state index is 0.111. The Bertz CT molecular complexity index is 1740. The molecule has 0 aliphatic carbocycles. The number of pyridine rings is 2. The molecule has 0 atom stereocenters. The molecule has 0 N–H and O–H groups in total. The highest BCUT2D eigenvalue weighted by Crippen LogP contribution is 2.42. The van der Waals surface area contributed by atoms with E-state index < -0.39 is 0 Å². The molecule has 0 spiro atoms. The van der Waals surface area contributed by atoms with E-state index in [0.717, 1.165) is 84.9 Å². The Morgan fingerprint density at radius 1 is 0.700 bits per heavy atom. The van der Waals surface area contributed by atoms with E-state index >= 15 is 0 Å². The monoisotopic (exact) mass is 716 g/mol. The molecule has 2 amide bonds. The van der Waals surface area contributed by atoms with E-state index in [1.54, 1.807) is 34.3 Å². The molecule has 2 saturated heterocycles. The van der Waals surface area contributed by atoms with Crippen LogP contribution >= 0.6 is 23.2 Å². The van der Waals surface area contributed by atoms with Gasteiger partial charge in [0.1, 0.15) is 5.75 Å². The molecule has 4 aromatic rings. The van der Waals surface area contributed by atoms with E-state index in [-0.39, 0.29) is 11.8 Å². The first-order valence-corrected chi connectivity index (χ1v) is 17.5. The van der Waals surface area contributed by atoms with Crippen molar-refractivity contribution in [3.63, 3.8) is 0 Å². The lowest BCUT2D eigenvalue weighted by Gasteiger charge is -2.34. The lowest BCUT2D eigenvalue weighted by molar-refractivity contribution is -0.131. The minimum Gasteiger partial charge on any atom is -0.496 e. The molecule has 4 heterocycles. The summed E-state index contributed by atoms with van der Waals surface area (Å²) in [6, 6.07) is 17.7. The van der Waals surface area contributed by atoms with Crippen molar-refractivity contribution in [3.05, 3.63) is 82.0 Å². The van der Waals surface area contributed by atoms with Crippen LogP contribution in [0.2, 0.25) is 10.0 Å². The van der Waals surface area contributed by atoms with Gasteiger partial charge in [-0.05, 0) is 18.2 Å². The first kappa shape index (κ1) is 35.6. The number of methoxy groups -OCH3 is 2. The molecule has 0 unspecified atom stereocenters. The SMILES string of the molecule is COc1cc(-c2nccc(-c3cccc(-c4ccc(CN5CCN(C(C)=O)CC5)c(OC)n4)c3Cl)c2Cl)ccc1CN1CCN(C(C)=O)CC1. The van der Waals surface area contributed by atoms with Crippen molar-refractivity contribution in [2.24, 2.45) is 0 Å². The van der Waals surface area contributed by atoms with Crippen molar-refractivity contribution in [1.29, 1.82) is 0 Å². The van der Waals surface area contributed by atoms with Crippen LogP contribution in [0, 0.1) is 0 Å². The lowest BCUT2D eigenvalue weighted by atomic mass is 9.99. The molecule has 10 nitrogen and oxygen atoms in total. The number of ether oxygens (including phenoxy) is 2. The predicted octanol–water partition coefficient (Wildman–Crippen LogP) is 6.13. The molecule has 2 fully saturated rings. The summed E-state index contributed by atoms with van der Waals surface area (Å²) in [5.41, 5.74) is 6.44. The van der Waals surface area contributed by atoms with Crippen LogP contribution in [0.3, 0.4) is 0 Å². The van der Waals surface area contributed by atoms with Crippen molar-refractivity contribution in [2.45, 2.75) is 26.9 Å². The number of rotatable bonds is 9. The maximum atomic E-state index is 11.7. The molecule has 2 aromatic carbocycles. The van der Waals surface area contributed by atoms with Crippen molar-refractivity contribution in [3.8, 4) is 45.3 Å². The van der Waals surface area contributed by atoms with Gasteiger partial charge in [-0.2, -0.15) is 0 Å². The summed E-state index contributed by atoms with van der Waals surface area (Å²) in [4.78, 5) is 41.4.